The molecule has 5 nitrogen and oxygen atoms in total. The largest absolute Gasteiger partial charge is 0.396 e. The van der Waals surface area contributed by atoms with Gasteiger partial charge in [0.15, 0.2) is 0 Å². The van der Waals surface area contributed by atoms with Gasteiger partial charge in [-0.05, 0) is 38.6 Å². The van der Waals surface area contributed by atoms with E-state index in [0.29, 0.717) is 6.61 Å². The first-order chi connectivity index (χ1) is 12.6. The van der Waals surface area contributed by atoms with E-state index < -0.39 is 0 Å². The SMILES string of the molecule is CCCO.Cc1cc2c(s1)Nc1ccccc1N=C2N1CCN(C)CC1. The Bertz CT molecular complexity index is 761. The molecule has 1 saturated heterocycles. The summed E-state index contributed by atoms with van der Waals surface area (Å²) in [4.78, 5) is 11.1. The van der Waals surface area contributed by atoms with Gasteiger partial charge in [-0.25, -0.2) is 4.99 Å². The Kier molecular flexibility index (Phi) is 6.29. The van der Waals surface area contributed by atoms with Crippen LogP contribution in [0, 0.1) is 6.92 Å². The van der Waals surface area contributed by atoms with Gasteiger partial charge in [-0.3, -0.25) is 0 Å². The molecule has 1 fully saturated rings. The van der Waals surface area contributed by atoms with Gasteiger partial charge in [0.25, 0.3) is 0 Å². The molecule has 2 aliphatic heterocycles. The van der Waals surface area contributed by atoms with E-state index in [9.17, 15) is 0 Å². The third-order valence-electron chi connectivity index (χ3n) is 4.50. The Morgan fingerprint density at radius 1 is 1.19 bits per heavy atom. The van der Waals surface area contributed by atoms with Crippen LogP contribution in [0.3, 0.4) is 0 Å². The number of rotatable bonds is 1. The van der Waals surface area contributed by atoms with Crippen molar-refractivity contribution >= 4 is 33.5 Å². The lowest BCUT2D eigenvalue weighted by Crippen LogP contribution is -2.47. The van der Waals surface area contributed by atoms with Crippen molar-refractivity contribution in [1.29, 1.82) is 0 Å². The second-order valence-corrected chi connectivity index (χ2v) is 7.95. The van der Waals surface area contributed by atoms with Crippen LogP contribution >= 0.6 is 11.3 Å². The van der Waals surface area contributed by atoms with Crippen molar-refractivity contribution in [2.75, 3.05) is 45.2 Å². The molecule has 26 heavy (non-hydrogen) atoms. The normalized spacial score (nSPS) is 16.5. The topological polar surface area (TPSA) is 51.1 Å². The number of aliphatic hydroxyl groups is 1. The van der Waals surface area contributed by atoms with Crippen LogP contribution in [0.25, 0.3) is 0 Å². The summed E-state index contributed by atoms with van der Waals surface area (Å²) in [6.07, 6.45) is 0.875. The van der Waals surface area contributed by atoms with Gasteiger partial charge in [0.05, 0.1) is 16.9 Å². The number of benzene rings is 1. The summed E-state index contributed by atoms with van der Waals surface area (Å²) in [6.45, 7) is 8.66. The smallest absolute Gasteiger partial charge is 0.139 e. The molecular formula is C20H28N4OS. The van der Waals surface area contributed by atoms with Crippen LogP contribution in [0.1, 0.15) is 23.8 Å². The predicted octanol–water partition coefficient (Wildman–Crippen LogP) is 3.83. The van der Waals surface area contributed by atoms with E-state index in [0.717, 1.165) is 49.8 Å². The van der Waals surface area contributed by atoms with Crippen molar-refractivity contribution in [1.82, 2.24) is 9.80 Å². The average Bonchev–Trinajstić information content (AvgIpc) is 2.94. The summed E-state index contributed by atoms with van der Waals surface area (Å²) in [5, 5.41) is 12.7. The van der Waals surface area contributed by atoms with Gasteiger partial charge in [0.2, 0.25) is 0 Å². The van der Waals surface area contributed by atoms with Gasteiger partial charge in [-0.1, -0.05) is 19.1 Å². The van der Waals surface area contributed by atoms with Crippen LogP contribution in [-0.4, -0.2) is 60.6 Å². The molecule has 0 saturated carbocycles. The number of thiophene rings is 1. The molecular weight excluding hydrogens is 344 g/mol. The maximum absolute atomic E-state index is 7.88. The van der Waals surface area contributed by atoms with Crippen LogP contribution < -0.4 is 5.32 Å². The third kappa shape index (κ3) is 4.26. The van der Waals surface area contributed by atoms with Gasteiger partial charge >= 0.3 is 0 Å². The predicted molar refractivity (Wildman–Crippen MR) is 111 cm³/mol. The van der Waals surface area contributed by atoms with Crippen molar-refractivity contribution in [3.8, 4) is 0 Å². The van der Waals surface area contributed by atoms with E-state index in [2.05, 4.69) is 59.4 Å². The first-order valence-electron chi connectivity index (χ1n) is 9.22. The van der Waals surface area contributed by atoms with E-state index in [-0.39, 0.29) is 0 Å². The fourth-order valence-corrected chi connectivity index (χ4v) is 3.93. The molecule has 3 heterocycles. The molecule has 0 amide bonds. The number of amidine groups is 1. The highest BCUT2D eigenvalue weighted by atomic mass is 32.1. The van der Waals surface area contributed by atoms with Gasteiger partial charge in [0, 0.05) is 37.7 Å². The maximum Gasteiger partial charge on any atom is 0.139 e. The summed E-state index contributed by atoms with van der Waals surface area (Å²) in [6, 6.07) is 10.6. The van der Waals surface area contributed by atoms with Crippen LogP contribution in [0.4, 0.5) is 16.4 Å². The average molecular weight is 373 g/mol. The molecule has 0 bridgehead atoms. The number of piperazine rings is 1. The molecule has 0 radical (unpaired) electrons. The summed E-state index contributed by atoms with van der Waals surface area (Å²) in [5.41, 5.74) is 3.36. The van der Waals surface area contributed by atoms with Gasteiger partial charge in [-0.15, -0.1) is 11.3 Å². The quantitative estimate of drug-likeness (QED) is 0.799. The highest BCUT2D eigenvalue weighted by Crippen LogP contribution is 2.39. The van der Waals surface area contributed by atoms with Crippen LogP contribution in [0.5, 0.6) is 0 Å². The van der Waals surface area contributed by atoms with E-state index in [1.807, 2.05) is 6.92 Å². The number of fused-ring (bicyclic) bond motifs is 2. The number of para-hydroxylation sites is 2. The molecule has 0 atom stereocenters. The molecule has 4 rings (SSSR count). The number of hydrogen-bond donors (Lipinski definition) is 2. The second kappa shape index (κ2) is 8.66. The summed E-state index contributed by atoms with van der Waals surface area (Å²) < 4.78 is 0. The molecule has 2 N–H and O–H groups in total. The first kappa shape index (κ1) is 18.9. The third-order valence-corrected chi connectivity index (χ3v) is 5.47. The van der Waals surface area contributed by atoms with E-state index in [1.165, 1.54) is 15.4 Å². The highest BCUT2D eigenvalue weighted by Gasteiger charge is 2.25. The van der Waals surface area contributed by atoms with Gasteiger partial charge in [0.1, 0.15) is 10.8 Å². The maximum atomic E-state index is 7.88. The standard InChI is InChI=1S/C17H20N4S.C3H8O/c1-12-11-13-16(21-9-7-20(2)8-10-21)18-14-5-3-4-6-15(14)19-17(13)22-12;1-2-3-4/h3-6,11,19H,7-10H2,1-2H3;4H,2-3H2,1H3. The van der Waals surface area contributed by atoms with Crippen LogP contribution in [-0.2, 0) is 0 Å². The number of likely N-dealkylation sites (N-methyl/N-ethyl adjacent to an activating group) is 1. The van der Waals surface area contributed by atoms with Crippen LogP contribution in [0.2, 0.25) is 0 Å². The summed E-state index contributed by atoms with van der Waals surface area (Å²) in [7, 11) is 2.18. The van der Waals surface area contributed by atoms with E-state index in [4.69, 9.17) is 10.1 Å². The Hall–Kier alpha value is -1.89. The summed E-state index contributed by atoms with van der Waals surface area (Å²) >= 11 is 1.81. The van der Waals surface area contributed by atoms with Crippen LogP contribution in [0.15, 0.2) is 35.3 Å². The van der Waals surface area contributed by atoms with Crippen molar-refractivity contribution in [2.45, 2.75) is 20.3 Å². The highest BCUT2D eigenvalue weighted by molar-refractivity contribution is 7.16. The molecule has 6 heteroatoms. The number of aliphatic hydroxyl groups excluding tert-OH is 1. The number of anilines is 2. The molecule has 0 spiro atoms. The minimum absolute atomic E-state index is 0.319. The van der Waals surface area contributed by atoms with Gasteiger partial charge in [-0.2, -0.15) is 0 Å². The summed E-state index contributed by atoms with van der Waals surface area (Å²) in [5.74, 6) is 1.12. The number of hydrogen-bond acceptors (Lipinski definition) is 6. The monoisotopic (exact) mass is 372 g/mol. The van der Waals surface area contributed by atoms with Crippen molar-refractivity contribution in [3.63, 3.8) is 0 Å². The lowest BCUT2D eigenvalue weighted by atomic mass is 10.2. The van der Waals surface area contributed by atoms with E-state index >= 15 is 0 Å². The zero-order chi connectivity index (χ0) is 18.5. The number of nitrogens with zero attached hydrogens (tertiary/aromatic N) is 3. The minimum Gasteiger partial charge on any atom is -0.396 e. The zero-order valence-corrected chi connectivity index (χ0v) is 16.6. The zero-order valence-electron chi connectivity index (χ0n) is 15.8. The lowest BCUT2D eigenvalue weighted by Gasteiger charge is -2.34. The minimum atomic E-state index is 0.319. The first-order valence-corrected chi connectivity index (χ1v) is 10.0. The number of nitrogens with one attached hydrogen (secondary N) is 1. The molecule has 1 aromatic heterocycles. The molecule has 2 aromatic rings. The number of aryl methyl sites for hydroxylation is 1. The Morgan fingerprint density at radius 3 is 2.58 bits per heavy atom. The molecule has 2 aliphatic rings. The Labute approximate surface area is 160 Å². The molecule has 0 aliphatic carbocycles. The molecule has 1 aromatic carbocycles. The second-order valence-electron chi connectivity index (χ2n) is 6.69. The van der Waals surface area contributed by atoms with E-state index in [1.54, 1.807) is 11.3 Å². The Balaban J connectivity index is 0.000000447. The fraction of sp³-hybridized carbons (Fsp3) is 0.450. The lowest BCUT2D eigenvalue weighted by molar-refractivity contribution is 0.216. The Morgan fingerprint density at radius 2 is 1.88 bits per heavy atom. The van der Waals surface area contributed by atoms with Crippen molar-refractivity contribution in [2.24, 2.45) is 4.99 Å². The van der Waals surface area contributed by atoms with Gasteiger partial charge < -0.3 is 20.2 Å². The van der Waals surface area contributed by atoms with Crippen molar-refractivity contribution < 1.29 is 5.11 Å². The molecule has 140 valence electrons. The number of aliphatic imine (C=N–C) groups is 1. The van der Waals surface area contributed by atoms with Crippen molar-refractivity contribution in [3.05, 3.63) is 40.8 Å². The fourth-order valence-electron chi connectivity index (χ4n) is 3.01. The molecule has 0 unspecified atom stereocenters.